The molecular formula is C13H16Br2N2O2. The maximum atomic E-state index is 12.4. The first-order valence-electron chi connectivity index (χ1n) is 6.00. The standard InChI is InChI=1S/C13H16Br2N2O2/c1-3-16-12(18)8-17(4-2)13(19)10-7-9(14)5-6-11(10)15/h5-7H,3-4,8H2,1-2H3,(H,16,18). The highest BCUT2D eigenvalue weighted by Crippen LogP contribution is 2.22. The Bertz CT molecular complexity index is 478. The fourth-order valence-electron chi connectivity index (χ4n) is 1.59. The molecule has 0 aliphatic heterocycles. The van der Waals surface area contributed by atoms with Crippen LogP contribution in [0.5, 0.6) is 0 Å². The zero-order valence-electron chi connectivity index (χ0n) is 10.9. The summed E-state index contributed by atoms with van der Waals surface area (Å²) >= 11 is 6.70. The van der Waals surface area contributed by atoms with Gasteiger partial charge >= 0.3 is 0 Å². The van der Waals surface area contributed by atoms with Crippen molar-refractivity contribution in [3.8, 4) is 0 Å². The van der Waals surface area contributed by atoms with E-state index in [0.29, 0.717) is 18.7 Å². The zero-order valence-corrected chi connectivity index (χ0v) is 14.0. The molecule has 6 heteroatoms. The van der Waals surface area contributed by atoms with E-state index in [1.54, 1.807) is 12.1 Å². The van der Waals surface area contributed by atoms with Crippen molar-refractivity contribution < 1.29 is 9.59 Å². The van der Waals surface area contributed by atoms with Crippen LogP contribution in [-0.2, 0) is 4.79 Å². The first kappa shape index (κ1) is 16.2. The van der Waals surface area contributed by atoms with Crippen molar-refractivity contribution in [2.45, 2.75) is 13.8 Å². The summed E-state index contributed by atoms with van der Waals surface area (Å²) in [6.45, 7) is 4.81. The molecule has 4 nitrogen and oxygen atoms in total. The Hall–Kier alpha value is -0.880. The van der Waals surface area contributed by atoms with Gasteiger partial charge in [-0.3, -0.25) is 9.59 Å². The second-order valence-electron chi connectivity index (χ2n) is 3.90. The van der Waals surface area contributed by atoms with Crippen LogP contribution in [0.1, 0.15) is 24.2 Å². The van der Waals surface area contributed by atoms with E-state index in [2.05, 4.69) is 37.2 Å². The highest BCUT2D eigenvalue weighted by Gasteiger charge is 2.19. The van der Waals surface area contributed by atoms with Gasteiger partial charge in [0.1, 0.15) is 0 Å². The van der Waals surface area contributed by atoms with Crippen LogP contribution < -0.4 is 5.32 Å². The van der Waals surface area contributed by atoms with Crippen LogP contribution in [0.4, 0.5) is 0 Å². The second-order valence-corrected chi connectivity index (χ2v) is 5.67. The number of rotatable bonds is 5. The number of halogens is 2. The van der Waals surface area contributed by atoms with Gasteiger partial charge in [-0.2, -0.15) is 0 Å². The molecule has 1 aromatic carbocycles. The Morgan fingerprint density at radius 2 is 1.95 bits per heavy atom. The van der Waals surface area contributed by atoms with Gasteiger partial charge in [-0.25, -0.2) is 0 Å². The molecule has 104 valence electrons. The number of hydrogen-bond acceptors (Lipinski definition) is 2. The smallest absolute Gasteiger partial charge is 0.255 e. The fourth-order valence-corrected chi connectivity index (χ4v) is 2.36. The normalized spacial score (nSPS) is 10.1. The van der Waals surface area contributed by atoms with Crippen molar-refractivity contribution in [2.75, 3.05) is 19.6 Å². The zero-order chi connectivity index (χ0) is 14.4. The van der Waals surface area contributed by atoms with E-state index in [4.69, 9.17) is 0 Å². The molecule has 1 aromatic rings. The quantitative estimate of drug-likeness (QED) is 0.838. The fraction of sp³-hybridized carbons (Fsp3) is 0.385. The highest BCUT2D eigenvalue weighted by molar-refractivity contribution is 9.11. The van der Waals surface area contributed by atoms with Gasteiger partial charge in [0.25, 0.3) is 5.91 Å². The van der Waals surface area contributed by atoms with Gasteiger partial charge in [-0.05, 0) is 48.0 Å². The third-order valence-electron chi connectivity index (χ3n) is 2.54. The lowest BCUT2D eigenvalue weighted by atomic mass is 10.2. The number of hydrogen-bond donors (Lipinski definition) is 1. The molecule has 0 bridgehead atoms. The summed E-state index contributed by atoms with van der Waals surface area (Å²) in [4.78, 5) is 25.5. The van der Waals surface area contributed by atoms with Crippen LogP contribution in [0.2, 0.25) is 0 Å². The first-order chi connectivity index (χ1) is 8.99. The van der Waals surface area contributed by atoms with Crippen molar-refractivity contribution in [3.05, 3.63) is 32.7 Å². The summed E-state index contributed by atoms with van der Waals surface area (Å²) in [7, 11) is 0. The third kappa shape index (κ3) is 4.62. The lowest BCUT2D eigenvalue weighted by Crippen LogP contribution is -2.40. The van der Waals surface area contributed by atoms with Crippen molar-refractivity contribution in [1.82, 2.24) is 10.2 Å². The Morgan fingerprint density at radius 3 is 2.53 bits per heavy atom. The first-order valence-corrected chi connectivity index (χ1v) is 7.59. The molecule has 0 spiro atoms. The number of likely N-dealkylation sites (N-methyl/N-ethyl adjacent to an activating group) is 2. The molecule has 19 heavy (non-hydrogen) atoms. The second kappa shape index (κ2) is 7.65. The van der Waals surface area contributed by atoms with Crippen LogP contribution in [0, 0.1) is 0 Å². The molecule has 1 N–H and O–H groups in total. The monoisotopic (exact) mass is 390 g/mol. The topological polar surface area (TPSA) is 49.4 Å². The van der Waals surface area contributed by atoms with Crippen LogP contribution in [0.25, 0.3) is 0 Å². The predicted octanol–water partition coefficient (Wildman–Crippen LogP) is 2.81. The van der Waals surface area contributed by atoms with Gasteiger partial charge in [0.15, 0.2) is 0 Å². The molecule has 2 amide bonds. The number of benzene rings is 1. The maximum Gasteiger partial charge on any atom is 0.255 e. The molecular weight excluding hydrogens is 376 g/mol. The Balaban J connectivity index is 2.89. The summed E-state index contributed by atoms with van der Waals surface area (Å²) in [5, 5.41) is 2.69. The molecule has 0 unspecified atom stereocenters. The summed E-state index contributed by atoms with van der Waals surface area (Å²) in [6.07, 6.45) is 0. The third-order valence-corrected chi connectivity index (χ3v) is 3.72. The van der Waals surface area contributed by atoms with Gasteiger partial charge in [-0.15, -0.1) is 0 Å². The van der Waals surface area contributed by atoms with Gasteiger partial charge in [0.2, 0.25) is 5.91 Å². The number of nitrogens with zero attached hydrogens (tertiary/aromatic N) is 1. The molecule has 0 saturated carbocycles. The largest absolute Gasteiger partial charge is 0.355 e. The lowest BCUT2D eigenvalue weighted by molar-refractivity contribution is -0.121. The minimum Gasteiger partial charge on any atom is -0.355 e. The highest BCUT2D eigenvalue weighted by atomic mass is 79.9. The SMILES string of the molecule is CCNC(=O)CN(CC)C(=O)c1cc(Br)ccc1Br. The van der Waals surface area contributed by atoms with E-state index in [9.17, 15) is 9.59 Å². The van der Waals surface area contributed by atoms with Crippen LogP contribution in [0.15, 0.2) is 27.1 Å². The summed E-state index contributed by atoms with van der Waals surface area (Å²) < 4.78 is 1.54. The summed E-state index contributed by atoms with van der Waals surface area (Å²) in [6, 6.07) is 5.39. The molecule has 0 fully saturated rings. The van der Waals surface area contributed by atoms with Crippen molar-refractivity contribution in [2.24, 2.45) is 0 Å². The van der Waals surface area contributed by atoms with E-state index in [-0.39, 0.29) is 18.4 Å². The number of carbonyl (C=O) groups is 2. The van der Waals surface area contributed by atoms with Crippen molar-refractivity contribution >= 4 is 43.7 Å². The molecule has 0 saturated heterocycles. The molecule has 0 heterocycles. The van der Waals surface area contributed by atoms with Crippen LogP contribution >= 0.6 is 31.9 Å². The Kier molecular flexibility index (Phi) is 6.51. The van der Waals surface area contributed by atoms with E-state index in [1.165, 1.54) is 4.90 Å². The molecule has 0 aromatic heterocycles. The minimum atomic E-state index is -0.165. The number of nitrogens with one attached hydrogen (secondary N) is 1. The van der Waals surface area contributed by atoms with Gasteiger partial charge in [0.05, 0.1) is 12.1 Å². The van der Waals surface area contributed by atoms with E-state index >= 15 is 0 Å². The number of amides is 2. The van der Waals surface area contributed by atoms with Crippen LogP contribution in [-0.4, -0.2) is 36.3 Å². The molecule has 0 aliphatic rings. The Morgan fingerprint density at radius 1 is 1.26 bits per heavy atom. The summed E-state index contributed by atoms with van der Waals surface area (Å²) in [5.74, 6) is -0.314. The van der Waals surface area contributed by atoms with E-state index in [0.717, 1.165) is 8.95 Å². The van der Waals surface area contributed by atoms with Gasteiger partial charge in [0, 0.05) is 22.0 Å². The Labute approximate surface area is 129 Å². The van der Waals surface area contributed by atoms with Crippen molar-refractivity contribution in [3.63, 3.8) is 0 Å². The lowest BCUT2D eigenvalue weighted by Gasteiger charge is -2.21. The van der Waals surface area contributed by atoms with E-state index < -0.39 is 0 Å². The number of carbonyl (C=O) groups excluding carboxylic acids is 2. The molecule has 1 rings (SSSR count). The van der Waals surface area contributed by atoms with Crippen molar-refractivity contribution in [1.29, 1.82) is 0 Å². The summed E-state index contributed by atoms with van der Waals surface area (Å²) in [5.41, 5.74) is 0.542. The van der Waals surface area contributed by atoms with E-state index in [1.807, 2.05) is 19.9 Å². The van der Waals surface area contributed by atoms with Crippen LogP contribution in [0.3, 0.4) is 0 Å². The average Bonchev–Trinajstić information content (AvgIpc) is 2.38. The molecule has 0 radical (unpaired) electrons. The minimum absolute atomic E-state index is 0.0716. The van der Waals surface area contributed by atoms with Gasteiger partial charge in [-0.1, -0.05) is 15.9 Å². The predicted molar refractivity (Wildman–Crippen MR) is 82.1 cm³/mol. The van der Waals surface area contributed by atoms with Gasteiger partial charge < -0.3 is 10.2 Å². The average molecular weight is 392 g/mol. The molecule has 0 aliphatic carbocycles. The molecule has 0 atom stereocenters. The maximum absolute atomic E-state index is 12.4.